The number of rotatable bonds is 5. The van der Waals surface area contributed by atoms with Gasteiger partial charge < -0.3 is 5.32 Å². The van der Waals surface area contributed by atoms with Crippen molar-refractivity contribution in [2.45, 2.75) is 60.4 Å². The molecule has 0 bridgehead atoms. The van der Waals surface area contributed by atoms with Crippen molar-refractivity contribution in [3.05, 3.63) is 12.2 Å². The third kappa shape index (κ3) is 7.49. The number of amides is 1. The second kappa shape index (κ2) is 6.07. The van der Waals surface area contributed by atoms with Crippen molar-refractivity contribution in [2.24, 2.45) is 11.3 Å². The fourth-order valence-electron chi connectivity index (χ4n) is 1.58. The molecule has 0 fully saturated rings. The van der Waals surface area contributed by atoms with Crippen LogP contribution in [0.4, 0.5) is 0 Å². The van der Waals surface area contributed by atoms with Gasteiger partial charge in [0.05, 0.1) is 0 Å². The summed E-state index contributed by atoms with van der Waals surface area (Å²) >= 11 is 0. The highest BCUT2D eigenvalue weighted by molar-refractivity contribution is 5.77. The lowest BCUT2D eigenvalue weighted by atomic mass is 9.91. The Labute approximate surface area is 101 Å². The molecule has 0 aliphatic rings. The van der Waals surface area contributed by atoms with Gasteiger partial charge in [0.2, 0.25) is 5.91 Å². The molecule has 0 saturated heterocycles. The van der Waals surface area contributed by atoms with Crippen LogP contribution in [0.2, 0.25) is 0 Å². The van der Waals surface area contributed by atoms with Crippen LogP contribution in [0, 0.1) is 11.3 Å². The molecule has 2 nitrogen and oxygen atoms in total. The van der Waals surface area contributed by atoms with Gasteiger partial charge in [0.1, 0.15) is 0 Å². The van der Waals surface area contributed by atoms with Gasteiger partial charge in [-0.05, 0) is 24.7 Å². The van der Waals surface area contributed by atoms with E-state index >= 15 is 0 Å². The van der Waals surface area contributed by atoms with Crippen molar-refractivity contribution in [3.63, 3.8) is 0 Å². The van der Waals surface area contributed by atoms with E-state index in [1.165, 1.54) is 0 Å². The largest absolute Gasteiger partial charge is 0.350 e. The van der Waals surface area contributed by atoms with Crippen LogP contribution >= 0.6 is 0 Å². The first-order valence-electron chi connectivity index (χ1n) is 6.06. The van der Waals surface area contributed by atoms with Crippen LogP contribution in [-0.2, 0) is 4.79 Å². The van der Waals surface area contributed by atoms with Gasteiger partial charge in [-0.15, -0.1) is 0 Å². The maximum atomic E-state index is 11.8. The Balaban J connectivity index is 4.30. The van der Waals surface area contributed by atoms with E-state index in [-0.39, 0.29) is 17.4 Å². The standard InChI is InChI=1S/C14H27NO/c1-10(2)8-12(11(3)4)15-13(16)9-14(5,6)7/h10,12H,3,8-9H2,1-2,4-7H3,(H,15,16). The lowest BCUT2D eigenvalue weighted by Gasteiger charge is -2.24. The van der Waals surface area contributed by atoms with E-state index in [9.17, 15) is 4.79 Å². The van der Waals surface area contributed by atoms with Gasteiger partial charge in [0.15, 0.2) is 0 Å². The van der Waals surface area contributed by atoms with Crippen molar-refractivity contribution >= 4 is 5.91 Å². The summed E-state index contributed by atoms with van der Waals surface area (Å²) in [7, 11) is 0. The smallest absolute Gasteiger partial charge is 0.220 e. The van der Waals surface area contributed by atoms with Crippen LogP contribution in [0.3, 0.4) is 0 Å². The minimum absolute atomic E-state index is 0.0432. The second-order valence-electron chi connectivity index (χ2n) is 6.33. The SMILES string of the molecule is C=C(C)C(CC(C)C)NC(=O)CC(C)(C)C. The van der Waals surface area contributed by atoms with Gasteiger partial charge >= 0.3 is 0 Å². The lowest BCUT2D eigenvalue weighted by molar-refractivity contribution is -0.123. The summed E-state index contributed by atoms with van der Waals surface area (Å²) in [5.41, 5.74) is 1.08. The van der Waals surface area contributed by atoms with Crippen LogP contribution in [0.25, 0.3) is 0 Å². The molecule has 1 amide bonds. The first-order chi connectivity index (χ1) is 7.11. The van der Waals surface area contributed by atoms with Crippen molar-refractivity contribution in [1.82, 2.24) is 5.32 Å². The highest BCUT2D eigenvalue weighted by atomic mass is 16.1. The molecular formula is C14H27NO. The first-order valence-corrected chi connectivity index (χ1v) is 6.06. The summed E-state index contributed by atoms with van der Waals surface area (Å²) in [5.74, 6) is 0.692. The third-order valence-corrected chi connectivity index (χ3v) is 2.33. The zero-order valence-electron chi connectivity index (χ0n) is 11.7. The minimum atomic E-state index is 0.0432. The molecule has 0 aliphatic heterocycles. The van der Waals surface area contributed by atoms with Gasteiger partial charge in [-0.25, -0.2) is 0 Å². The number of hydrogen-bond donors (Lipinski definition) is 1. The van der Waals surface area contributed by atoms with Gasteiger partial charge in [-0.2, -0.15) is 0 Å². The number of hydrogen-bond acceptors (Lipinski definition) is 1. The molecule has 0 aliphatic carbocycles. The summed E-state index contributed by atoms with van der Waals surface area (Å²) in [5, 5.41) is 3.07. The Kier molecular flexibility index (Phi) is 5.77. The Morgan fingerprint density at radius 2 is 1.81 bits per heavy atom. The third-order valence-electron chi connectivity index (χ3n) is 2.33. The molecule has 2 heteroatoms. The molecule has 0 aromatic carbocycles. The summed E-state index contributed by atoms with van der Waals surface area (Å²) in [6, 6.07) is 0.120. The van der Waals surface area contributed by atoms with Crippen LogP contribution in [0.15, 0.2) is 12.2 Å². The van der Waals surface area contributed by atoms with Crippen LogP contribution in [0.1, 0.15) is 54.4 Å². The summed E-state index contributed by atoms with van der Waals surface area (Å²) in [4.78, 5) is 11.8. The molecule has 94 valence electrons. The summed E-state index contributed by atoms with van der Waals surface area (Å²) in [6.45, 7) is 16.5. The highest BCUT2D eigenvalue weighted by Crippen LogP contribution is 2.19. The molecule has 0 aromatic heterocycles. The molecule has 1 unspecified atom stereocenters. The molecule has 0 rings (SSSR count). The van der Waals surface area contributed by atoms with E-state index in [0.29, 0.717) is 12.3 Å². The number of carbonyl (C=O) groups excluding carboxylic acids is 1. The van der Waals surface area contributed by atoms with Crippen molar-refractivity contribution in [1.29, 1.82) is 0 Å². The molecule has 0 aromatic rings. The van der Waals surface area contributed by atoms with Crippen molar-refractivity contribution in [3.8, 4) is 0 Å². The highest BCUT2D eigenvalue weighted by Gasteiger charge is 2.19. The van der Waals surface area contributed by atoms with E-state index in [1.807, 2.05) is 6.92 Å². The first kappa shape index (κ1) is 15.2. The molecule has 0 saturated carbocycles. The van der Waals surface area contributed by atoms with E-state index in [4.69, 9.17) is 0 Å². The predicted octanol–water partition coefficient (Wildman–Crippen LogP) is 3.53. The molecule has 0 spiro atoms. The van der Waals surface area contributed by atoms with Gasteiger partial charge in [-0.3, -0.25) is 4.79 Å². The normalized spacial score (nSPS) is 13.7. The fraction of sp³-hybridized carbons (Fsp3) is 0.786. The summed E-state index contributed by atoms with van der Waals surface area (Å²) < 4.78 is 0. The lowest BCUT2D eigenvalue weighted by Crippen LogP contribution is -2.38. The molecule has 1 N–H and O–H groups in total. The van der Waals surface area contributed by atoms with Crippen molar-refractivity contribution in [2.75, 3.05) is 0 Å². The average molecular weight is 225 g/mol. The minimum Gasteiger partial charge on any atom is -0.350 e. The van der Waals surface area contributed by atoms with Crippen LogP contribution in [-0.4, -0.2) is 11.9 Å². The second-order valence-corrected chi connectivity index (χ2v) is 6.33. The van der Waals surface area contributed by atoms with E-state index in [0.717, 1.165) is 12.0 Å². The number of nitrogens with one attached hydrogen (secondary N) is 1. The van der Waals surface area contributed by atoms with Gasteiger partial charge in [-0.1, -0.05) is 46.8 Å². The topological polar surface area (TPSA) is 29.1 Å². The van der Waals surface area contributed by atoms with Gasteiger partial charge in [0, 0.05) is 12.5 Å². The van der Waals surface area contributed by atoms with E-state index in [2.05, 4.69) is 46.5 Å². The van der Waals surface area contributed by atoms with Crippen molar-refractivity contribution < 1.29 is 4.79 Å². The number of carbonyl (C=O) groups is 1. The zero-order valence-corrected chi connectivity index (χ0v) is 11.7. The van der Waals surface area contributed by atoms with E-state index < -0.39 is 0 Å². The monoisotopic (exact) mass is 225 g/mol. The Bertz CT molecular complexity index is 248. The molecule has 0 heterocycles. The zero-order chi connectivity index (χ0) is 12.9. The molecule has 16 heavy (non-hydrogen) atoms. The van der Waals surface area contributed by atoms with Crippen LogP contribution < -0.4 is 5.32 Å². The predicted molar refractivity (Wildman–Crippen MR) is 70.3 cm³/mol. The quantitative estimate of drug-likeness (QED) is 0.713. The summed E-state index contributed by atoms with van der Waals surface area (Å²) in [6.07, 6.45) is 1.53. The maximum Gasteiger partial charge on any atom is 0.220 e. The Morgan fingerprint density at radius 1 is 1.31 bits per heavy atom. The van der Waals surface area contributed by atoms with Crippen LogP contribution in [0.5, 0.6) is 0 Å². The Hall–Kier alpha value is -0.790. The Morgan fingerprint density at radius 3 is 2.12 bits per heavy atom. The molecule has 1 atom stereocenters. The van der Waals surface area contributed by atoms with Gasteiger partial charge in [0.25, 0.3) is 0 Å². The average Bonchev–Trinajstić information content (AvgIpc) is 1.97. The molecule has 0 radical (unpaired) electrons. The molecular weight excluding hydrogens is 198 g/mol. The van der Waals surface area contributed by atoms with E-state index in [1.54, 1.807) is 0 Å². The fourth-order valence-corrected chi connectivity index (χ4v) is 1.58. The maximum absolute atomic E-state index is 11.8.